The van der Waals surface area contributed by atoms with Gasteiger partial charge in [0.25, 0.3) is 0 Å². The number of nitrogens with one attached hydrogen (secondary N) is 1. The van der Waals surface area contributed by atoms with E-state index in [4.69, 9.17) is 18.9 Å². The summed E-state index contributed by atoms with van der Waals surface area (Å²) in [7, 11) is 3.13. The summed E-state index contributed by atoms with van der Waals surface area (Å²) in [6.45, 7) is 4.44. The SMILES string of the molecule is COc1cc2ncnc(Oc3ccc(NC(=O)OCCSc4cc(C)ccc4C)cc3)c2cc1OC. The van der Waals surface area contributed by atoms with Crippen molar-refractivity contribution >= 4 is 34.4 Å². The summed E-state index contributed by atoms with van der Waals surface area (Å²) in [5, 5.41) is 3.41. The van der Waals surface area contributed by atoms with E-state index in [1.165, 1.54) is 22.3 Å². The van der Waals surface area contributed by atoms with Gasteiger partial charge in [0.15, 0.2) is 11.5 Å². The van der Waals surface area contributed by atoms with Gasteiger partial charge in [0.2, 0.25) is 5.88 Å². The Morgan fingerprint density at radius 2 is 1.69 bits per heavy atom. The number of anilines is 1. The molecule has 4 rings (SSSR count). The number of aromatic nitrogens is 2. The largest absolute Gasteiger partial charge is 0.493 e. The molecule has 0 aliphatic heterocycles. The van der Waals surface area contributed by atoms with Crippen LogP contribution in [-0.2, 0) is 4.74 Å². The highest BCUT2D eigenvalue weighted by Crippen LogP contribution is 2.35. The third kappa shape index (κ3) is 6.17. The van der Waals surface area contributed by atoms with Crippen molar-refractivity contribution in [1.82, 2.24) is 9.97 Å². The van der Waals surface area contributed by atoms with Crippen molar-refractivity contribution < 1.29 is 23.7 Å². The molecule has 1 heterocycles. The monoisotopic (exact) mass is 505 g/mol. The minimum atomic E-state index is -0.506. The average Bonchev–Trinajstić information content (AvgIpc) is 2.89. The zero-order valence-electron chi connectivity index (χ0n) is 20.5. The van der Waals surface area contributed by atoms with Gasteiger partial charge < -0.3 is 18.9 Å². The Morgan fingerprint density at radius 1 is 0.944 bits per heavy atom. The van der Waals surface area contributed by atoms with E-state index in [0.29, 0.717) is 52.1 Å². The minimum absolute atomic E-state index is 0.306. The van der Waals surface area contributed by atoms with Crippen molar-refractivity contribution in [2.45, 2.75) is 18.7 Å². The molecule has 8 nitrogen and oxygen atoms in total. The third-order valence-corrected chi connectivity index (χ3v) is 6.46. The highest BCUT2D eigenvalue weighted by atomic mass is 32.2. The van der Waals surface area contributed by atoms with Gasteiger partial charge in [-0.2, -0.15) is 0 Å². The van der Waals surface area contributed by atoms with E-state index < -0.39 is 6.09 Å². The number of ether oxygens (including phenoxy) is 4. The normalized spacial score (nSPS) is 10.7. The smallest absolute Gasteiger partial charge is 0.411 e. The second kappa shape index (κ2) is 11.6. The summed E-state index contributed by atoms with van der Waals surface area (Å²) >= 11 is 1.67. The van der Waals surface area contributed by atoms with E-state index in [1.54, 1.807) is 62.4 Å². The molecule has 0 saturated carbocycles. The number of amides is 1. The number of rotatable bonds is 9. The number of hydrogen-bond donors (Lipinski definition) is 1. The van der Waals surface area contributed by atoms with Gasteiger partial charge in [0.05, 0.1) is 25.1 Å². The first-order valence-electron chi connectivity index (χ1n) is 11.3. The fourth-order valence-electron chi connectivity index (χ4n) is 3.46. The standard InChI is InChI=1S/C27H27N3O5S/c1-17-5-6-18(2)25(13-17)36-12-11-34-27(31)30-19-7-9-20(10-8-19)35-26-21-14-23(32-3)24(33-4)15-22(21)28-16-29-26/h5-10,13-16H,11-12H2,1-4H3,(H,30,31). The van der Waals surface area contributed by atoms with Gasteiger partial charge >= 0.3 is 6.09 Å². The summed E-state index contributed by atoms with van der Waals surface area (Å²) in [5.41, 5.74) is 3.68. The van der Waals surface area contributed by atoms with Gasteiger partial charge in [0, 0.05) is 22.4 Å². The van der Waals surface area contributed by atoms with Gasteiger partial charge in [-0.15, -0.1) is 11.8 Å². The predicted molar refractivity (Wildman–Crippen MR) is 141 cm³/mol. The van der Waals surface area contributed by atoms with Gasteiger partial charge in [-0.3, -0.25) is 5.32 Å². The molecule has 1 aromatic heterocycles. The van der Waals surface area contributed by atoms with E-state index in [0.717, 1.165) is 0 Å². The van der Waals surface area contributed by atoms with Gasteiger partial charge in [-0.25, -0.2) is 14.8 Å². The molecule has 0 radical (unpaired) electrons. The molecule has 0 unspecified atom stereocenters. The number of methoxy groups -OCH3 is 2. The topological polar surface area (TPSA) is 91.8 Å². The molecule has 3 aromatic carbocycles. The van der Waals surface area contributed by atoms with Crippen LogP contribution < -0.4 is 19.5 Å². The maximum absolute atomic E-state index is 12.2. The molecule has 4 aromatic rings. The Morgan fingerprint density at radius 3 is 2.44 bits per heavy atom. The van der Waals surface area contributed by atoms with Crippen molar-refractivity contribution in [1.29, 1.82) is 0 Å². The Bertz CT molecular complexity index is 1360. The number of fused-ring (bicyclic) bond motifs is 1. The molecule has 36 heavy (non-hydrogen) atoms. The maximum atomic E-state index is 12.2. The number of carbonyl (C=O) groups is 1. The maximum Gasteiger partial charge on any atom is 0.411 e. The summed E-state index contributed by atoms with van der Waals surface area (Å²) in [4.78, 5) is 21.9. The van der Waals surface area contributed by atoms with Crippen LogP contribution in [0.5, 0.6) is 23.1 Å². The molecule has 0 bridgehead atoms. The lowest BCUT2D eigenvalue weighted by Gasteiger charge is -2.12. The molecular weight excluding hydrogens is 478 g/mol. The molecule has 0 spiro atoms. The van der Waals surface area contributed by atoms with Crippen molar-refractivity contribution in [2.75, 3.05) is 31.9 Å². The Hall–Kier alpha value is -3.98. The average molecular weight is 506 g/mol. The van der Waals surface area contributed by atoms with Gasteiger partial charge in [-0.1, -0.05) is 17.7 Å². The first kappa shape index (κ1) is 25.1. The van der Waals surface area contributed by atoms with Crippen LogP contribution in [0, 0.1) is 13.8 Å². The van der Waals surface area contributed by atoms with Crippen LogP contribution >= 0.6 is 11.8 Å². The lowest BCUT2D eigenvalue weighted by molar-refractivity contribution is 0.169. The van der Waals surface area contributed by atoms with Crippen molar-refractivity contribution in [3.8, 4) is 23.1 Å². The molecule has 9 heteroatoms. The number of carbonyl (C=O) groups excluding carboxylic acids is 1. The lowest BCUT2D eigenvalue weighted by Crippen LogP contribution is -2.15. The quantitative estimate of drug-likeness (QED) is 0.206. The van der Waals surface area contributed by atoms with Crippen molar-refractivity contribution in [3.05, 3.63) is 72.1 Å². The molecule has 0 saturated heterocycles. The summed E-state index contributed by atoms with van der Waals surface area (Å²) in [6, 6.07) is 16.8. The highest BCUT2D eigenvalue weighted by Gasteiger charge is 2.13. The van der Waals surface area contributed by atoms with Crippen LogP contribution in [0.1, 0.15) is 11.1 Å². The number of hydrogen-bond acceptors (Lipinski definition) is 8. The number of nitrogens with zero attached hydrogens (tertiary/aromatic N) is 2. The van der Waals surface area contributed by atoms with Crippen molar-refractivity contribution in [2.24, 2.45) is 0 Å². The van der Waals surface area contributed by atoms with Crippen LogP contribution in [0.3, 0.4) is 0 Å². The zero-order valence-corrected chi connectivity index (χ0v) is 21.3. The molecule has 0 fully saturated rings. The second-order valence-corrected chi connectivity index (χ2v) is 9.04. The summed E-state index contributed by atoms with van der Waals surface area (Å²) in [5.74, 6) is 2.72. The van der Waals surface area contributed by atoms with Crippen LogP contribution in [0.2, 0.25) is 0 Å². The molecular formula is C27H27N3O5S. The summed E-state index contributed by atoms with van der Waals surface area (Å²) < 4.78 is 22.0. The minimum Gasteiger partial charge on any atom is -0.493 e. The first-order valence-corrected chi connectivity index (χ1v) is 12.2. The molecule has 1 N–H and O–H groups in total. The predicted octanol–water partition coefficient (Wildman–Crippen LogP) is 6.40. The van der Waals surface area contributed by atoms with E-state index in [1.807, 2.05) is 0 Å². The van der Waals surface area contributed by atoms with E-state index >= 15 is 0 Å². The number of benzene rings is 3. The Labute approximate surface area is 214 Å². The van der Waals surface area contributed by atoms with Crippen LogP contribution in [0.4, 0.5) is 10.5 Å². The van der Waals surface area contributed by atoms with E-state index in [-0.39, 0.29) is 0 Å². The fraction of sp³-hybridized carbons (Fsp3) is 0.222. The summed E-state index contributed by atoms with van der Waals surface area (Å²) in [6.07, 6.45) is 0.918. The van der Waals surface area contributed by atoms with E-state index in [2.05, 4.69) is 47.3 Å². The molecule has 0 aliphatic rings. The van der Waals surface area contributed by atoms with E-state index in [9.17, 15) is 4.79 Å². The molecule has 1 amide bonds. The molecule has 0 aliphatic carbocycles. The molecule has 186 valence electrons. The zero-order chi connectivity index (χ0) is 25.5. The van der Waals surface area contributed by atoms with Gasteiger partial charge in [-0.05, 0) is 55.8 Å². The number of thioether (sulfide) groups is 1. The fourth-order valence-corrected chi connectivity index (χ4v) is 4.41. The third-order valence-electron chi connectivity index (χ3n) is 5.34. The lowest BCUT2D eigenvalue weighted by atomic mass is 10.2. The van der Waals surface area contributed by atoms with Crippen LogP contribution in [-0.4, -0.2) is 42.6 Å². The number of aryl methyl sites for hydroxylation is 2. The first-order chi connectivity index (χ1) is 17.5. The Balaban J connectivity index is 1.32. The molecule has 0 atom stereocenters. The van der Waals surface area contributed by atoms with Crippen LogP contribution in [0.25, 0.3) is 10.9 Å². The van der Waals surface area contributed by atoms with Crippen molar-refractivity contribution in [3.63, 3.8) is 0 Å². The van der Waals surface area contributed by atoms with Crippen LogP contribution in [0.15, 0.2) is 65.8 Å². The Kier molecular flexibility index (Phi) is 8.12. The van der Waals surface area contributed by atoms with Gasteiger partial charge in [0.1, 0.15) is 18.7 Å². The second-order valence-electron chi connectivity index (χ2n) is 7.91. The highest BCUT2D eigenvalue weighted by molar-refractivity contribution is 7.99.